The quantitative estimate of drug-likeness (QED) is 0.534. The van der Waals surface area contributed by atoms with Crippen LogP contribution in [0.4, 0.5) is 0 Å². The van der Waals surface area contributed by atoms with Crippen LogP contribution in [0.25, 0.3) is 16.9 Å². The van der Waals surface area contributed by atoms with E-state index in [1.165, 1.54) is 21.0 Å². The third kappa shape index (κ3) is 2.76. The van der Waals surface area contributed by atoms with Gasteiger partial charge in [-0.3, -0.25) is 0 Å². The van der Waals surface area contributed by atoms with Crippen LogP contribution >= 0.6 is 11.8 Å². The number of aromatic nitrogens is 2. The van der Waals surface area contributed by atoms with E-state index in [0.29, 0.717) is 0 Å². The van der Waals surface area contributed by atoms with Gasteiger partial charge in [0.1, 0.15) is 0 Å². The van der Waals surface area contributed by atoms with E-state index >= 15 is 0 Å². The lowest BCUT2D eigenvalue weighted by molar-refractivity contribution is -0.551. The molecule has 3 heteroatoms. The molecule has 0 aliphatic rings. The Balaban J connectivity index is 1.87. The third-order valence-electron chi connectivity index (χ3n) is 3.84. The number of nitrogens with zero attached hydrogens (tertiary/aromatic N) is 1. The molecule has 0 spiro atoms. The molecule has 2 aromatic carbocycles. The van der Waals surface area contributed by atoms with E-state index in [1.54, 1.807) is 11.8 Å². The Morgan fingerprint density at radius 3 is 2.35 bits per heavy atom. The van der Waals surface area contributed by atoms with Crippen LogP contribution in [0.3, 0.4) is 0 Å². The normalized spacial score (nSPS) is 11.0. The van der Waals surface area contributed by atoms with Gasteiger partial charge in [-0.2, -0.15) is 4.40 Å². The summed E-state index contributed by atoms with van der Waals surface area (Å²) >= 11 is 1.79. The summed E-state index contributed by atoms with van der Waals surface area (Å²) in [5.74, 6) is 0. The van der Waals surface area contributed by atoms with Crippen LogP contribution in [0, 0.1) is 6.92 Å². The van der Waals surface area contributed by atoms with Crippen LogP contribution in [-0.2, 0) is 0 Å². The molecule has 4 aromatic rings. The minimum atomic E-state index is 1.10. The number of pyridine rings is 1. The first-order valence-electron chi connectivity index (χ1n) is 7.63. The van der Waals surface area contributed by atoms with E-state index in [9.17, 15) is 0 Å². The minimum Gasteiger partial charge on any atom is -0.236 e. The number of aryl methyl sites for hydroxylation is 1. The molecule has 1 N–H and O–H groups in total. The number of fused-ring (bicyclic) bond motifs is 1. The number of benzene rings is 2. The van der Waals surface area contributed by atoms with Crippen molar-refractivity contribution in [2.45, 2.75) is 16.8 Å². The zero-order valence-electron chi connectivity index (χ0n) is 12.9. The highest BCUT2D eigenvalue weighted by Gasteiger charge is 2.21. The second-order valence-corrected chi connectivity index (χ2v) is 6.60. The van der Waals surface area contributed by atoms with Crippen LogP contribution < -0.4 is 4.40 Å². The van der Waals surface area contributed by atoms with Gasteiger partial charge in [0.2, 0.25) is 5.03 Å². The van der Waals surface area contributed by atoms with E-state index in [0.717, 1.165) is 11.3 Å². The Hall–Kier alpha value is -2.52. The lowest BCUT2D eigenvalue weighted by Crippen LogP contribution is -2.20. The summed E-state index contributed by atoms with van der Waals surface area (Å²) in [7, 11) is 0. The molecule has 0 saturated carbocycles. The SMILES string of the molecule is Cc1ccc(Sc2c(-c3ccccc3)[nH]c3cccc[n+]23)cc1. The summed E-state index contributed by atoms with van der Waals surface area (Å²) in [6.07, 6.45) is 2.11. The van der Waals surface area contributed by atoms with Crippen LogP contribution in [0.1, 0.15) is 5.56 Å². The average Bonchev–Trinajstić information content (AvgIpc) is 2.96. The monoisotopic (exact) mass is 317 g/mol. The van der Waals surface area contributed by atoms with Crippen molar-refractivity contribution in [1.29, 1.82) is 0 Å². The van der Waals surface area contributed by atoms with Crippen molar-refractivity contribution in [3.05, 3.63) is 84.6 Å². The fourth-order valence-corrected chi connectivity index (χ4v) is 3.67. The minimum absolute atomic E-state index is 1.10. The second-order valence-electron chi connectivity index (χ2n) is 5.54. The van der Waals surface area contributed by atoms with Crippen LogP contribution in [0.5, 0.6) is 0 Å². The average molecular weight is 317 g/mol. The highest BCUT2D eigenvalue weighted by Crippen LogP contribution is 2.33. The predicted octanol–water partition coefficient (Wildman–Crippen LogP) is 4.88. The van der Waals surface area contributed by atoms with Crippen LogP contribution in [-0.4, -0.2) is 4.98 Å². The number of H-pyrrole nitrogens is 1. The highest BCUT2D eigenvalue weighted by atomic mass is 32.2. The summed E-state index contributed by atoms with van der Waals surface area (Å²) in [5, 5.41) is 1.20. The maximum Gasteiger partial charge on any atom is 0.285 e. The lowest BCUT2D eigenvalue weighted by atomic mass is 10.2. The molecule has 0 atom stereocenters. The zero-order chi connectivity index (χ0) is 15.6. The van der Waals surface area contributed by atoms with Gasteiger partial charge in [-0.25, -0.2) is 4.98 Å². The Labute approximate surface area is 139 Å². The van der Waals surface area contributed by atoms with E-state index < -0.39 is 0 Å². The second kappa shape index (κ2) is 5.94. The Bertz CT molecular complexity index is 940. The molecule has 0 aliphatic heterocycles. The predicted molar refractivity (Wildman–Crippen MR) is 94.7 cm³/mol. The number of imidazole rings is 1. The maximum absolute atomic E-state index is 3.55. The molecule has 112 valence electrons. The molecule has 2 aromatic heterocycles. The van der Waals surface area contributed by atoms with Gasteiger partial charge in [-0.1, -0.05) is 54.1 Å². The van der Waals surface area contributed by atoms with Gasteiger partial charge in [0.05, 0.1) is 6.20 Å². The summed E-state index contributed by atoms with van der Waals surface area (Å²) in [5.41, 5.74) is 4.73. The van der Waals surface area contributed by atoms with Crippen molar-refractivity contribution in [1.82, 2.24) is 4.98 Å². The summed E-state index contributed by atoms with van der Waals surface area (Å²) in [4.78, 5) is 4.80. The van der Waals surface area contributed by atoms with Gasteiger partial charge >= 0.3 is 0 Å². The molecular weight excluding hydrogens is 300 g/mol. The molecule has 0 saturated heterocycles. The van der Waals surface area contributed by atoms with Gasteiger partial charge in [0.15, 0.2) is 5.69 Å². The van der Waals surface area contributed by atoms with Gasteiger partial charge in [0, 0.05) is 16.5 Å². The summed E-state index contributed by atoms with van der Waals surface area (Å²) < 4.78 is 2.22. The number of nitrogens with one attached hydrogen (secondary N) is 1. The fraction of sp³-hybridized carbons (Fsp3) is 0.0500. The van der Waals surface area contributed by atoms with Crippen LogP contribution in [0.2, 0.25) is 0 Å². The number of aromatic amines is 1. The number of hydrogen-bond donors (Lipinski definition) is 1. The van der Waals surface area contributed by atoms with Gasteiger partial charge in [-0.05, 0) is 36.9 Å². The Morgan fingerprint density at radius 2 is 1.57 bits per heavy atom. The number of rotatable bonds is 3. The van der Waals surface area contributed by atoms with E-state index in [1.807, 2.05) is 6.07 Å². The first-order chi connectivity index (χ1) is 11.3. The zero-order valence-corrected chi connectivity index (χ0v) is 13.7. The molecule has 4 rings (SSSR count). The molecule has 0 radical (unpaired) electrons. The molecule has 2 heterocycles. The molecule has 0 amide bonds. The molecule has 0 unspecified atom stereocenters. The Kier molecular flexibility index (Phi) is 3.64. The molecule has 0 aliphatic carbocycles. The standard InChI is InChI=1S/C20H16N2S/c1-15-10-12-17(13-11-15)23-20-19(16-7-3-2-4-8-16)21-18-9-5-6-14-22(18)20/h2-14H,1H3/p+1. The highest BCUT2D eigenvalue weighted by molar-refractivity contribution is 7.99. The molecule has 2 nitrogen and oxygen atoms in total. The molecule has 0 bridgehead atoms. The van der Waals surface area contributed by atoms with Crippen molar-refractivity contribution in [3.8, 4) is 11.3 Å². The van der Waals surface area contributed by atoms with Crippen molar-refractivity contribution < 1.29 is 4.40 Å². The van der Waals surface area contributed by atoms with E-state index in [2.05, 4.69) is 89.2 Å². The van der Waals surface area contributed by atoms with E-state index in [4.69, 9.17) is 0 Å². The smallest absolute Gasteiger partial charge is 0.236 e. The van der Waals surface area contributed by atoms with Crippen molar-refractivity contribution in [3.63, 3.8) is 0 Å². The fourth-order valence-electron chi connectivity index (χ4n) is 2.64. The largest absolute Gasteiger partial charge is 0.285 e. The van der Waals surface area contributed by atoms with Crippen molar-refractivity contribution >= 4 is 17.4 Å². The van der Waals surface area contributed by atoms with Gasteiger partial charge in [0.25, 0.3) is 5.65 Å². The van der Waals surface area contributed by atoms with Crippen molar-refractivity contribution in [2.75, 3.05) is 0 Å². The molecule has 23 heavy (non-hydrogen) atoms. The first-order valence-corrected chi connectivity index (χ1v) is 8.45. The van der Waals surface area contributed by atoms with Crippen molar-refractivity contribution in [2.24, 2.45) is 0 Å². The van der Waals surface area contributed by atoms with Gasteiger partial charge in [-0.15, -0.1) is 0 Å². The third-order valence-corrected chi connectivity index (χ3v) is 4.95. The Morgan fingerprint density at radius 1 is 0.826 bits per heavy atom. The maximum atomic E-state index is 3.55. The topological polar surface area (TPSA) is 19.9 Å². The summed E-state index contributed by atoms with van der Waals surface area (Å²) in [6, 6.07) is 25.4. The molecular formula is C20H17N2S+. The molecule has 0 fully saturated rings. The lowest BCUT2D eigenvalue weighted by Gasteiger charge is -2.01. The van der Waals surface area contributed by atoms with Crippen LogP contribution in [0.15, 0.2) is 88.9 Å². The van der Waals surface area contributed by atoms with Gasteiger partial charge < -0.3 is 0 Å². The number of hydrogen-bond acceptors (Lipinski definition) is 1. The summed E-state index contributed by atoms with van der Waals surface area (Å²) in [6.45, 7) is 2.12. The van der Waals surface area contributed by atoms with E-state index in [-0.39, 0.29) is 0 Å². The first kappa shape index (κ1) is 14.1.